The zero-order chi connectivity index (χ0) is 27.1. The molecule has 2 fully saturated rings. The Kier molecular flexibility index (Phi) is 10.1. The highest BCUT2D eigenvalue weighted by Crippen LogP contribution is 2.39. The van der Waals surface area contributed by atoms with Crippen LogP contribution in [-0.2, 0) is 12.8 Å². The average Bonchev–Trinajstić information content (AvgIpc) is 2.91. The first kappa shape index (κ1) is 28.4. The number of benzene rings is 2. The zero-order valence-corrected chi connectivity index (χ0v) is 22.3. The number of rotatable bonds is 10. The number of aryl methyl sites for hydroxylation is 1. The van der Waals surface area contributed by atoms with Crippen LogP contribution in [0.15, 0.2) is 36.9 Å². The van der Waals surface area contributed by atoms with Gasteiger partial charge in [-0.3, -0.25) is 0 Å². The molecular formula is C33H39F4N. The maximum absolute atomic E-state index is 14.9. The molecule has 4 rings (SSSR count). The lowest BCUT2D eigenvalue weighted by molar-refractivity contribution is 0.254. The Morgan fingerprint density at radius 2 is 1.21 bits per heavy atom. The van der Waals surface area contributed by atoms with E-state index in [9.17, 15) is 17.6 Å². The molecule has 0 aromatic heterocycles. The van der Waals surface area contributed by atoms with E-state index in [-0.39, 0.29) is 11.5 Å². The molecule has 0 N–H and O–H groups in total. The van der Waals surface area contributed by atoms with Crippen LogP contribution in [0.2, 0.25) is 0 Å². The summed E-state index contributed by atoms with van der Waals surface area (Å²) in [4.78, 5) is 0. The number of hydrogen-bond acceptors (Lipinski definition) is 1. The third-order valence-electron chi connectivity index (χ3n) is 9.08. The summed E-state index contributed by atoms with van der Waals surface area (Å²) >= 11 is 0. The molecular weight excluding hydrogens is 486 g/mol. The summed E-state index contributed by atoms with van der Waals surface area (Å²) in [6.45, 7) is 3.81. The lowest BCUT2D eigenvalue weighted by Crippen LogP contribution is -2.15. The van der Waals surface area contributed by atoms with Gasteiger partial charge < -0.3 is 0 Å². The van der Waals surface area contributed by atoms with Gasteiger partial charge in [-0.15, -0.1) is 6.58 Å². The second-order valence-electron chi connectivity index (χ2n) is 11.6. The Morgan fingerprint density at radius 1 is 0.711 bits per heavy atom. The summed E-state index contributed by atoms with van der Waals surface area (Å²) in [5.41, 5.74) is 0.972. The quantitative estimate of drug-likeness (QED) is 0.224. The van der Waals surface area contributed by atoms with Crippen molar-refractivity contribution in [2.45, 2.75) is 95.8 Å². The van der Waals surface area contributed by atoms with Crippen molar-refractivity contribution in [1.82, 2.24) is 0 Å². The van der Waals surface area contributed by atoms with E-state index in [1.165, 1.54) is 56.4 Å². The molecule has 0 aliphatic heterocycles. The van der Waals surface area contributed by atoms with Gasteiger partial charge in [-0.2, -0.15) is 5.26 Å². The Balaban J connectivity index is 1.23. The molecule has 0 spiro atoms. The summed E-state index contributed by atoms with van der Waals surface area (Å²) in [5.74, 6) is -0.687. The molecule has 204 valence electrons. The first-order valence-corrected chi connectivity index (χ1v) is 14.3. The number of allylic oxidation sites excluding steroid dienone is 1. The Labute approximate surface area is 225 Å². The monoisotopic (exact) mass is 525 g/mol. The van der Waals surface area contributed by atoms with Crippen LogP contribution in [0.5, 0.6) is 0 Å². The van der Waals surface area contributed by atoms with Crippen LogP contribution in [0.3, 0.4) is 0 Å². The Bertz CT molecular complexity index is 1090. The fourth-order valence-corrected chi connectivity index (χ4v) is 6.64. The standard InChI is InChI=1S/C33H39F4N/c1-2-3-4-22-5-7-23(8-6-22)9-10-25-17-30(34)28(31(35)18-25)16-13-24-11-14-26(15-12-24)27-19-32(36)29(21-38)33(37)20-27/h2,17-20,22-24,26H,1,3-16H2. The van der Waals surface area contributed by atoms with E-state index in [2.05, 4.69) is 6.58 Å². The van der Waals surface area contributed by atoms with Gasteiger partial charge >= 0.3 is 0 Å². The summed E-state index contributed by atoms with van der Waals surface area (Å²) in [6.07, 6.45) is 15.3. The van der Waals surface area contributed by atoms with Crippen molar-refractivity contribution in [2.75, 3.05) is 0 Å². The van der Waals surface area contributed by atoms with Crippen LogP contribution in [-0.4, -0.2) is 0 Å². The van der Waals surface area contributed by atoms with Gasteiger partial charge in [0.15, 0.2) is 0 Å². The van der Waals surface area contributed by atoms with Crippen molar-refractivity contribution in [1.29, 1.82) is 5.26 Å². The SMILES string of the molecule is C=CCCC1CCC(CCc2cc(F)c(CCC3CCC(c4cc(F)c(C#N)c(F)c4)CC3)c(F)c2)CC1. The van der Waals surface area contributed by atoms with E-state index in [0.717, 1.165) is 56.4 Å². The molecule has 5 heteroatoms. The van der Waals surface area contributed by atoms with Crippen molar-refractivity contribution in [3.63, 3.8) is 0 Å². The molecule has 2 aliphatic rings. The number of nitrogens with zero attached hydrogens (tertiary/aromatic N) is 1. The minimum atomic E-state index is -0.814. The molecule has 0 atom stereocenters. The third-order valence-corrected chi connectivity index (χ3v) is 9.08. The van der Waals surface area contributed by atoms with Crippen LogP contribution < -0.4 is 0 Å². The molecule has 0 heterocycles. The fraction of sp³-hybridized carbons (Fsp3) is 0.545. The molecule has 0 saturated heterocycles. The van der Waals surface area contributed by atoms with Crippen molar-refractivity contribution >= 4 is 0 Å². The third kappa shape index (κ3) is 7.28. The van der Waals surface area contributed by atoms with Gasteiger partial charge in [0.25, 0.3) is 0 Å². The predicted octanol–water partition coefficient (Wildman–Crippen LogP) is 9.73. The second kappa shape index (κ2) is 13.5. The highest BCUT2D eigenvalue weighted by atomic mass is 19.1. The largest absolute Gasteiger partial charge is 0.207 e. The number of hydrogen-bond donors (Lipinski definition) is 0. The van der Waals surface area contributed by atoms with Crippen LogP contribution in [0, 0.1) is 52.4 Å². The van der Waals surface area contributed by atoms with Crippen LogP contribution in [0.25, 0.3) is 0 Å². The Morgan fingerprint density at radius 3 is 1.74 bits per heavy atom. The van der Waals surface area contributed by atoms with Gasteiger partial charge in [0.2, 0.25) is 0 Å². The topological polar surface area (TPSA) is 23.8 Å². The maximum atomic E-state index is 14.9. The predicted molar refractivity (Wildman–Crippen MR) is 144 cm³/mol. The molecule has 2 aliphatic carbocycles. The van der Waals surface area contributed by atoms with Crippen molar-refractivity contribution < 1.29 is 17.6 Å². The first-order valence-electron chi connectivity index (χ1n) is 14.3. The minimum absolute atomic E-state index is 0.0398. The average molecular weight is 526 g/mol. The van der Waals surface area contributed by atoms with E-state index in [1.54, 1.807) is 6.07 Å². The number of nitriles is 1. The highest BCUT2D eigenvalue weighted by molar-refractivity contribution is 5.36. The van der Waals surface area contributed by atoms with Gasteiger partial charge in [-0.05, 0) is 123 Å². The molecule has 2 aromatic rings. The molecule has 38 heavy (non-hydrogen) atoms. The smallest absolute Gasteiger partial charge is 0.144 e. The zero-order valence-electron chi connectivity index (χ0n) is 22.3. The van der Waals surface area contributed by atoms with Gasteiger partial charge in [-0.25, -0.2) is 17.6 Å². The Hall–Kier alpha value is -2.61. The van der Waals surface area contributed by atoms with E-state index < -0.39 is 28.8 Å². The van der Waals surface area contributed by atoms with Crippen molar-refractivity contribution in [2.24, 2.45) is 17.8 Å². The number of halogens is 4. The summed E-state index contributed by atoms with van der Waals surface area (Å²) in [6, 6.07) is 7.16. The minimum Gasteiger partial charge on any atom is -0.207 e. The van der Waals surface area contributed by atoms with Gasteiger partial charge in [0, 0.05) is 5.56 Å². The lowest BCUT2D eigenvalue weighted by atomic mass is 9.76. The van der Waals surface area contributed by atoms with Gasteiger partial charge in [0.1, 0.15) is 34.9 Å². The molecule has 0 bridgehead atoms. The van der Waals surface area contributed by atoms with Crippen LogP contribution >= 0.6 is 0 Å². The lowest BCUT2D eigenvalue weighted by Gasteiger charge is -2.29. The van der Waals surface area contributed by atoms with E-state index >= 15 is 0 Å². The van der Waals surface area contributed by atoms with Gasteiger partial charge in [-0.1, -0.05) is 31.8 Å². The summed E-state index contributed by atoms with van der Waals surface area (Å²) < 4.78 is 57.8. The first-order chi connectivity index (χ1) is 18.4. The molecule has 0 unspecified atom stereocenters. The van der Waals surface area contributed by atoms with E-state index in [0.29, 0.717) is 30.2 Å². The normalized spacial score (nSPS) is 23.7. The highest BCUT2D eigenvalue weighted by Gasteiger charge is 2.25. The summed E-state index contributed by atoms with van der Waals surface area (Å²) in [5, 5.41) is 8.87. The van der Waals surface area contributed by atoms with Gasteiger partial charge in [0.05, 0.1) is 0 Å². The van der Waals surface area contributed by atoms with E-state index in [1.807, 2.05) is 6.08 Å². The molecule has 1 nitrogen and oxygen atoms in total. The molecule has 2 saturated carbocycles. The fourth-order valence-electron chi connectivity index (χ4n) is 6.64. The maximum Gasteiger partial charge on any atom is 0.144 e. The summed E-state index contributed by atoms with van der Waals surface area (Å²) in [7, 11) is 0. The molecule has 0 radical (unpaired) electrons. The molecule has 0 amide bonds. The van der Waals surface area contributed by atoms with Crippen LogP contribution in [0.4, 0.5) is 17.6 Å². The van der Waals surface area contributed by atoms with E-state index in [4.69, 9.17) is 5.26 Å². The van der Waals surface area contributed by atoms with Crippen LogP contribution in [0.1, 0.15) is 105 Å². The van der Waals surface area contributed by atoms with Crippen molar-refractivity contribution in [3.8, 4) is 6.07 Å². The van der Waals surface area contributed by atoms with Crippen molar-refractivity contribution in [3.05, 3.63) is 82.4 Å². The molecule has 2 aromatic carbocycles. The second-order valence-corrected chi connectivity index (χ2v) is 11.6.